The lowest BCUT2D eigenvalue weighted by Gasteiger charge is -2.40. The van der Waals surface area contributed by atoms with Gasteiger partial charge in [-0.05, 0) is 43.6 Å². The second-order valence-corrected chi connectivity index (χ2v) is 9.12. The smallest absolute Gasteiger partial charge is 0.230 e. The van der Waals surface area contributed by atoms with Crippen LogP contribution in [-0.4, -0.2) is 65.2 Å². The fraction of sp³-hybridized carbons (Fsp3) is 0.600. The molecule has 1 aliphatic carbocycles. The average molecular weight is 393 g/mol. The molecule has 0 saturated carbocycles. The fourth-order valence-corrected chi connectivity index (χ4v) is 5.66. The zero-order valence-electron chi connectivity index (χ0n) is 15.0. The Bertz CT molecular complexity index is 705. The van der Waals surface area contributed by atoms with Crippen molar-refractivity contribution in [2.75, 3.05) is 37.7 Å². The average Bonchev–Trinajstić information content (AvgIpc) is 2.99. The van der Waals surface area contributed by atoms with Gasteiger partial charge in [0, 0.05) is 41.6 Å². The molecule has 0 N–H and O–H groups in total. The molecule has 2 aliphatic heterocycles. The van der Waals surface area contributed by atoms with Crippen LogP contribution >= 0.6 is 23.4 Å². The molecule has 0 bridgehead atoms. The Morgan fingerprint density at radius 3 is 2.81 bits per heavy atom. The maximum atomic E-state index is 13.4. The number of halogens is 1. The first-order valence-corrected chi connectivity index (χ1v) is 11.1. The Hall–Kier alpha value is -1.04. The number of piperidine rings is 1. The summed E-state index contributed by atoms with van der Waals surface area (Å²) in [5.41, 5.74) is 1.49. The number of likely N-dealkylation sites (tertiary alicyclic amines) is 1. The first-order valence-electron chi connectivity index (χ1n) is 9.56. The van der Waals surface area contributed by atoms with Crippen LogP contribution in [0, 0.1) is 0 Å². The van der Waals surface area contributed by atoms with Crippen molar-refractivity contribution in [2.45, 2.75) is 37.6 Å². The molecular weight excluding hydrogens is 368 g/mol. The minimum atomic E-state index is -0.332. The van der Waals surface area contributed by atoms with Gasteiger partial charge in [0.15, 0.2) is 5.78 Å². The number of carbonyl (C=O) groups is 2. The van der Waals surface area contributed by atoms with Crippen molar-refractivity contribution in [3.8, 4) is 0 Å². The van der Waals surface area contributed by atoms with Gasteiger partial charge in [-0.2, -0.15) is 11.8 Å². The molecule has 2 fully saturated rings. The molecule has 3 aliphatic rings. The SMILES string of the molecule is O=C1CC(C(=O)N2CCSCC2CN2CCCCC2)c2ccc(Cl)cc21. The van der Waals surface area contributed by atoms with E-state index in [9.17, 15) is 9.59 Å². The van der Waals surface area contributed by atoms with Crippen molar-refractivity contribution >= 4 is 35.1 Å². The van der Waals surface area contributed by atoms with E-state index in [4.69, 9.17) is 11.6 Å². The number of carbonyl (C=O) groups excluding carboxylic acids is 2. The molecule has 2 heterocycles. The van der Waals surface area contributed by atoms with Crippen LogP contribution in [0.5, 0.6) is 0 Å². The van der Waals surface area contributed by atoms with Crippen molar-refractivity contribution in [3.63, 3.8) is 0 Å². The molecular formula is C20H25ClN2O2S. The van der Waals surface area contributed by atoms with Gasteiger partial charge in [0.2, 0.25) is 5.91 Å². The van der Waals surface area contributed by atoms with E-state index in [0.29, 0.717) is 10.6 Å². The highest BCUT2D eigenvalue weighted by Gasteiger charge is 2.39. The molecule has 0 aromatic heterocycles. The predicted molar refractivity (Wildman–Crippen MR) is 106 cm³/mol. The first-order chi connectivity index (χ1) is 12.6. The lowest BCUT2D eigenvalue weighted by atomic mass is 9.98. The molecule has 1 aromatic carbocycles. The van der Waals surface area contributed by atoms with Gasteiger partial charge in [-0.15, -0.1) is 0 Å². The summed E-state index contributed by atoms with van der Waals surface area (Å²) in [4.78, 5) is 30.3. The topological polar surface area (TPSA) is 40.6 Å². The van der Waals surface area contributed by atoms with E-state index in [0.717, 1.165) is 43.2 Å². The van der Waals surface area contributed by atoms with Gasteiger partial charge in [0.05, 0.1) is 12.0 Å². The second kappa shape index (κ2) is 7.91. The fourth-order valence-electron chi connectivity index (χ4n) is 4.44. The van der Waals surface area contributed by atoms with Crippen LogP contribution < -0.4 is 0 Å². The third-order valence-corrected chi connectivity index (χ3v) is 7.13. The highest BCUT2D eigenvalue weighted by Crippen LogP contribution is 2.37. The molecule has 140 valence electrons. The minimum absolute atomic E-state index is 0.0415. The molecule has 2 atom stereocenters. The van der Waals surface area contributed by atoms with E-state index >= 15 is 0 Å². The van der Waals surface area contributed by atoms with Crippen LogP contribution in [0.15, 0.2) is 18.2 Å². The summed E-state index contributed by atoms with van der Waals surface area (Å²) in [5, 5.41) is 0.558. The van der Waals surface area contributed by atoms with Crippen LogP contribution in [0.25, 0.3) is 0 Å². The Morgan fingerprint density at radius 1 is 1.19 bits per heavy atom. The predicted octanol–water partition coefficient (Wildman–Crippen LogP) is 3.44. The number of Topliss-reactive ketones (excluding diaryl/α,β-unsaturated/α-hetero) is 1. The van der Waals surface area contributed by atoms with Crippen LogP contribution in [0.1, 0.15) is 47.5 Å². The van der Waals surface area contributed by atoms with Crippen LogP contribution in [-0.2, 0) is 4.79 Å². The number of nitrogens with zero attached hydrogens (tertiary/aromatic N) is 2. The number of ketones is 1. The number of hydrogen-bond acceptors (Lipinski definition) is 4. The molecule has 1 amide bonds. The third-order valence-electron chi connectivity index (χ3n) is 5.81. The Kier molecular flexibility index (Phi) is 5.58. The first kappa shape index (κ1) is 18.3. The zero-order valence-corrected chi connectivity index (χ0v) is 16.5. The molecule has 6 heteroatoms. The standard InChI is InChI=1S/C20H25ClN2O2S/c21-14-4-5-16-17(10-14)19(24)11-18(16)20(25)23-8-9-26-13-15(23)12-22-6-2-1-3-7-22/h4-5,10,15,18H,1-3,6-9,11-13H2. The molecule has 4 nitrogen and oxygen atoms in total. The Labute approximate surface area is 164 Å². The monoisotopic (exact) mass is 392 g/mol. The maximum Gasteiger partial charge on any atom is 0.230 e. The molecule has 0 spiro atoms. The van der Waals surface area contributed by atoms with Crippen molar-refractivity contribution in [2.24, 2.45) is 0 Å². The lowest BCUT2D eigenvalue weighted by molar-refractivity contribution is -0.135. The summed E-state index contributed by atoms with van der Waals surface area (Å²) >= 11 is 7.98. The van der Waals surface area contributed by atoms with E-state index in [2.05, 4.69) is 9.80 Å². The highest BCUT2D eigenvalue weighted by atomic mass is 35.5. The van der Waals surface area contributed by atoms with Crippen molar-refractivity contribution in [3.05, 3.63) is 34.3 Å². The van der Waals surface area contributed by atoms with Crippen molar-refractivity contribution in [1.82, 2.24) is 9.80 Å². The Balaban J connectivity index is 1.51. The van der Waals surface area contributed by atoms with E-state index in [1.165, 1.54) is 19.3 Å². The van der Waals surface area contributed by atoms with Gasteiger partial charge >= 0.3 is 0 Å². The lowest BCUT2D eigenvalue weighted by Crippen LogP contribution is -2.53. The molecule has 26 heavy (non-hydrogen) atoms. The van der Waals surface area contributed by atoms with Crippen molar-refractivity contribution in [1.29, 1.82) is 0 Å². The summed E-state index contributed by atoms with van der Waals surface area (Å²) in [5.74, 6) is 1.82. The molecule has 4 rings (SSSR count). The quantitative estimate of drug-likeness (QED) is 0.790. The number of benzene rings is 1. The molecule has 2 saturated heterocycles. The molecule has 2 unspecified atom stereocenters. The summed E-state index contributed by atoms with van der Waals surface area (Å²) < 4.78 is 0. The summed E-state index contributed by atoms with van der Waals surface area (Å²) in [6.45, 7) is 4.04. The van der Waals surface area contributed by atoms with Gasteiger partial charge in [0.1, 0.15) is 0 Å². The van der Waals surface area contributed by atoms with E-state index in [1.807, 2.05) is 17.8 Å². The van der Waals surface area contributed by atoms with Crippen LogP contribution in [0.4, 0.5) is 0 Å². The normalized spacial score (nSPS) is 26.8. The number of fused-ring (bicyclic) bond motifs is 1. The number of amides is 1. The number of rotatable bonds is 3. The Morgan fingerprint density at radius 2 is 2.00 bits per heavy atom. The van der Waals surface area contributed by atoms with E-state index in [1.54, 1.807) is 12.1 Å². The summed E-state index contributed by atoms with van der Waals surface area (Å²) in [6.07, 6.45) is 4.13. The van der Waals surface area contributed by atoms with Crippen LogP contribution in [0.3, 0.4) is 0 Å². The van der Waals surface area contributed by atoms with Gasteiger partial charge in [0.25, 0.3) is 0 Å². The van der Waals surface area contributed by atoms with Crippen LogP contribution in [0.2, 0.25) is 5.02 Å². The van der Waals surface area contributed by atoms with Gasteiger partial charge < -0.3 is 9.80 Å². The highest BCUT2D eigenvalue weighted by molar-refractivity contribution is 7.99. The van der Waals surface area contributed by atoms with Gasteiger partial charge in [-0.3, -0.25) is 9.59 Å². The minimum Gasteiger partial charge on any atom is -0.336 e. The van der Waals surface area contributed by atoms with E-state index in [-0.39, 0.29) is 30.1 Å². The summed E-state index contributed by atoms with van der Waals surface area (Å²) in [7, 11) is 0. The molecule has 1 aromatic rings. The molecule has 0 radical (unpaired) electrons. The second-order valence-electron chi connectivity index (χ2n) is 7.53. The number of hydrogen-bond donors (Lipinski definition) is 0. The van der Waals surface area contributed by atoms with E-state index < -0.39 is 0 Å². The van der Waals surface area contributed by atoms with Gasteiger partial charge in [-0.1, -0.05) is 24.1 Å². The van der Waals surface area contributed by atoms with Gasteiger partial charge in [-0.25, -0.2) is 0 Å². The largest absolute Gasteiger partial charge is 0.336 e. The summed E-state index contributed by atoms with van der Waals surface area (Å²) in [6, 6.07) is 5.62. The number of thioether (sulfide) groups is 1. The van der Waals surface area contributed by atoms with Crippen molar-refractivity contribution < 1.29 is 9.59 Å². The maximum absolute atomic E-state index is 13.4. The third kappa shape index (κ3) is 3.67. The zero-order chi connectivity index (χ0) is 18.1.